The van der Waals surface area contributed by atoms with Gasteiger partial charge in [0.2, 0.25) is 0 Å². The van der Waals surface area contributed by atoms with E-state index >= 15 is 0 Å². The third kappa shape index (κ3) is 4.22. The molecule has 1 fully saturated rings. The third-order valence-corrected chi connectivity index (χ3v) is 6.11. The maximum atomic E-state index is 12.6. The Bertz CT molecular complexity index is 881. The summed E-state index contributed by atoms with van der Waals surface area (Å²) in [6.45, 7) is 3.54. The fourth-order valence-electron chi connectivity index (χ4n) is 2.83. The lowest BCUT2D eigenvalue weighted by Crippen LogP contribution is -2.28. The molecule has 2 aromatic rings. The first-order chi connectivity index (χ1) is 11.8. The van der Waals surface area contributed by atoms with Gasteiger partial charge in [-0.05, 0) is 54.8 Å². The Morgan fingerprint density at radius 1 is 1.20 bits per heavy atom. The molecule has 132 valence electrons. The van der Waals surface area contributed by atoms with Crippen molar-refractivity contribution < 1.29 is 13.2 Å². The summed E-state index contributed by atoms with van der Waals surface area (Å²) in [4.78, 5) is 14.4. The lowest BCUT2D eigenvalue weighted by Gasteiger charge is -2.16. The van der Waals surface area contributed by atoms with Gasteiger partial charge >= 0.3 is 0 Å². The normalized spacial score (nSPS) is 17.5. The fraction of sp³-hybridized carbons (Fsp3) is 0.278. The van der Waals surface area contributed by atoms with Gasteiger partial charge in [-0.2, -0.15) is 0 Å². The molecule has 1 amide bonds. The van der Waals surface area contributed by atoms with Crippen LogP contribution in [-0.2, 0) is 10.0 Å². The summed E-state index contributed by atoms with van der Waals surface area (Å²) in [5.41, 5.74) is 0.862. The molecule has 25 heavy (non-hydrogen) atoms. The van der Waals surface area contributed by atoms with Crippen LogP contribution < -0.4 is 4.72 Å². The number of carbonyl (C=O) groups is 1. The van der Waals surface area contributed by atoms with Crippen LogP contribution in [0.5, 0.6) is 0 Å². The topological polar surface area (TPSA) is 66.5 Å². The van der Waals surface area contributed by atoms with Gasteiger partial charge in [0, 0.05) is 28.8 Å². The van der Waals surface area contributed by atoms with Crippen LogP contribution in [0.1, 0.15) is 23.7 Å². The zero-order valence-electron chi connectivity index (χ0n) is 13.8. The van der Waals surface area contributed by atoms with E-state index in [-0.39, 0.29) is 10.8 Å². The van der Waals surface area contributed by atoms with Crippen LogP contribution in [0.25, 0.3) is 0 Å². The first-order valence-electron chi connectivity index (χ1n) is 8.03. The predicted octanol–water partition coefficient (Wildman–Crippen LogP) is 3.73. The zero-order chi connectivity index (χ0) is 18.0. The summed E-state index contributed by atoms with van der Waals surface area (Å²) in [7, 11) is -3.75. The standard InChI is InChI=1S/C18H19BrN2O3S/c1-13-9-10-21(12-13)18(22)14-3-2-4-17(11-14)25(23,24)20-16-7-5-15(19)6-8-16/h2-8,11,13,20H,9-10,12H2,1H3. The fourth-order valence-corrected chi connectivity index (χ4v) is 4.20. The highest BCUT2D eigenvalue weighted by atomic mass is 79.9. The Balaban J connectivity index is 1.82. The van der Waals surface area contributed by atoms with Crippen molar-refractivity contribution in [2.45, 2.75) is 18.2 Å². The Morgan fingerprint density at radius 3 is 2.56 bits per heavy atom. The quantitative estimate of drug-likeness (QED) is 0.815. The Labute approximate surface area is 156 Å². The minimum absolute atomic E-state index is 0.0773. The second kappa shape index (κ2) is 7.17. The van der Waals surface area contributed by atoms with Gasteiger partial charge in [0.25, 0.3) is 15.9 Å². The number of hydrogen-bond donors (Lipinski definition) is 1. The average Bonchev–Trinajstić information content (AvgIpc) is 3.03. The van der Waals surface area contributed by atoms with Crippen LogP contribution in [-0.4, -0.2) is 32.3 Å². The van der Waals surface area contributed by atoms with Gasteiger partial charge in [-0.15, -0.1) is 0 Å². The third-order valence-electron chi connectivity index (χ3n) is 4.20. The Hall–Kier alpha value is -1.86. The van der Waals surface area contributed by atoms with E-state index in [0.29, 0.717) is 30.3 Å². The number of rotatable bonds is 4. The van der Waals surface area contributed by atoms with E-state index < -0.39 is 10.0 Å². The zero-order valence-corrected chi connectivity index (χ0v) is 16.2. The smallest absolute Gasteiger partial charge is 0.261 e. The van der Waals surface area contributed by atoms with Gasteiger partial charge in [-0.3, -0.25) is 9.52 Å². The SMILES string of the molecule is CC1CCN(C(=O)c2cccc(S(=O)(=O)Nc3ccc(Br)cc3)c2)C1. The van der Waals surface area contributed by atoms with Crippen LogP contribution in [0.2, 0.25) is 0 Å². The molecule has 0 bridgehead atoms. The van der Waals surface area contributed by atoms with E-state index in [9.17, 15) is 13.2 Å². The molecule has 0 radical (unpaired) electrons. The molecular formula is C18H19BrN2O3S. The van der Waals surface area contributed by atoms with E-state index in [1.165, 1.54) is 12.1 Å². The summed E-state index contributed by atoms with van der Waals surface area (Å²) in [6, 6.07) is 13.0. The molecule has 0 saturated carbocycles. The highest BCUT2D eigenvalue weighted by molar-refractivity contribution is 9.10. The molecule has 0 aliphatic carbocycles. The number of hydrogen-bond acceptors (Lipinski definition) is 3. The summed E-state index contributed by atoms with van der Waals surface area (Å²) in [5.74, 6) is 0.361. The van der Waals surface area contributed by atoms with Crippen LogP contribution in [0.4, 0.5) is 5.69 Å². The molecule has 1 heterocycles. The molecular weight excluding hydrogens is 404 g/mol. The molecule has 1 aliphatic rings. The second-order valence-electron chi connectivity index (χ2n) is 6.29. The van der Waals surface area contributed by atoms with Gasteiger partial charge in [0.05, 0.1) is 4.90 Å². The molecule has 0 spiro atoms. The molecule has 5 nitrogen and oxygen atoms in total. The molecule has 1 atom stereocenters. The Morgan fingerprint density at radius 2 is 1.92 bits per heavy atom. The number of benzene rings is 2. The summed E-state index contributed by atoms with van der Waals surface area (Å²) in [6.07, 6.45) is 0.981. The van der Waals surface area contributed by atoms with Gasteiger partial charge < -0.3 is 4.90 Å². The molecule has 1 saturated heterocycles. The number of carbonyl (C=O) groups excluding carboxylic acids is 1. The van der Waals surface area contributed by atoms with Crippen LogP contribution in [0.3, 0.4) is 0 Å². The van der Waals surface area contributed by atoms with E-state index in [4.69, 9.17) is 0 Å². The van der Waals surface area contributed by atoms with Crippen LogP contribution in [0.15, 0.2) is 57.9 Å². The molecule has 1 N–H and O–H groups in total. The minimum atomic E-state index is -3.75. The maximum absolute atomic E-state index is 12.6. The van der Waals surface area contributed by atoms with Gasteiger partial charge in [0.15, 0.2) is 0 Å². The molecule has 7 heteroatoms. The summed E-state index contributed by atoms with van der Waals surface area (Å²) >= 11 is 3.31. The van der Waals surface area contributed by atoms with Crippen molar-refractivity contribution in [3.8, 4) is 0 Å². The maximum Gasteiger partial charge on any atom is 0.261 e. The number of halogens is 1. The number of nitrogens with zero attached hydrogens (tertiary/aromatic N) is 1. The number of nitrogens with one attached hydrogen (secondary N) is 1. The monoisotopic (exact) mass is 422 g/mol. The Kier molecular flexibility index (Phi) is 5.15. The van der Waals surface area contributed by atoms with Crippen molar-refractivity contribution in [3.05, 3.63) is 58.6 Å². The van der Waals surface area contributed by atoms with E-state index in [1.54, 1.807) is 41.3 Å². The molecule has 0 aromatic heterocycles. The van der Waals surface area contributed by atoms with Crippen molar-refractivity contribution in [2.75, 3.05) is 17.8 Å². The number of anilines is 1. The van der Waals surface area contributed by atoms with Gasteiger partial charge in [-0.1, -0.05) is 28.9 Å². The van der Waals surface area contributed by atoms with Crippen LogP contribution in [0, 0.1) is 5.92 Å². The number of likely N-dealkylation sites (tertiary alicyclic amines) is 1. The molecule has 3 rings (SSSR count). The first-order valence-corrected chi connectivity index (χ1v) is 10.3. The molecule has 1 unspecified atom stereocenters. The van der Waals surface area contributed by atoms with E-state index in [2.05, 4.69) is 27.6 Å². The summed E-state index contributed by atoms with van der Waals surface area (Å²) in [5, 5.41) is 0. The predicted molar refractivity (Wildman–Crippen MR) is 101 cm³/mol. The largest absolute Gasteiger partial charge is 0.338 e. The van der Waals surface area contributed by atoms with Crippen molar-refractivity contribution in [3.63, 3.8) is 0 Å². The van der Waals surface area contributed by atoms with Crippen molar-refractivity contribution in [2.24, 2.45) is 5.92 Å². The first kappa shape index (κ1) is 17.9. The van der Waals surface area contributed by atoms with E-state index in [0.717, 1.165) is 10.9 Å². The molecule has 2 aromatic carbocycles. The average molecular weight is 423 g/mol. The van der Waals surface area contributed by atoms with Crippen molar-refractivity contribution >= 4 is 37.5 Å². The molecule has 1 aliphatic heterocycles. The lowest BCUT2D eigenvalue weighted by molar-refractivity contribution is 0.0788. The second-order valence-corrected chi connectivity index (χ2v) is 8.88. The van der Waals surface area contributed by atoms with E-state index in [1.807, 2.05) is 0 Å². The minimum Gasteiger partial charge on any atom is -0.338 e. The highest BCUT2D eigenvalue weighted by Crippen LogP contribution is 2.22. The highest BCUT2D eigenvalue weighted by Gasteiger charge is 2.25. The lowest BCUT2D eigenvalue weighted by atomic mass is 10.2. The van der Waals surface area contributed by atoms with Crippen LogP contribution >= 0.6 is 15.9 Å². The van der Waals surface area contributed by atoms with Gasteiger partial charge in [-0.25, -0.2) is 8.42 Å². The number of amides is 1. The number of sulfonamides is 1. The van der Waals surface area contributed by atoms with Crippen molar-refractivity contribution in [1.29, 1.82) is 0 Å². The summed E-state index contributed by atoms with van der Waals surface area (Å²) < 4.78 is 28.6. The van der Waals surface area contributed by atoms with Gasteiger partial charge in [0.1, 0.15) is 0 Å². The van der Waals surface area contributed by atoms with Crippen molar-refractivity contribution in [1.82, 2.24) is 4.90 Å².